The van der Waals surface area contributed by atoms with Crippen molar-refractivity contribution in [1.29, 1.82) is 0 Å². The zero-order chi connectivity index (χ0) is 11.1. The van der Waals surface area contributed by atoms with Gasteiger partial charge in [0.25, 0.3) is 0 Å². The number of rotatable bonds is 5. The van der Waals surface area contributed by atoms with Gasteiger partial charge in [0.2, 0.25) is 0 Å². The van der Waals surface area contributed by atoms with Crippen LogP contribution in [-0.4, -0.2) is 26.4 Å². The van der Waals surface area contributed by atoms with E-state index in [0.29, 0.717) is 18.7 Å². The second kappa shape index (κ2) is 5.67. The average molecular weight is 204 g/mol. The molecule has 1 aromatic rings. The van der Waals surface area contributed by atoms with Crippen LogP contribution in [0.4, 0.5) is 5.69 Å². The highest BCUT2D eigenvalue weighted by atomic mass is 16.1. The lowest BCUT2D eigenvalue weighted by atomic mass is 10.2. The number of azide groups is 1. The number of carbonyl (C=O) groups is 1. The van der Waals surface area contributed by atoms with Gasteiger partial charge in [0.05, 0.1) is 0 Å². The van der Waals surface area contributed by atoms with Crippen LogP contribution in [0, 0.1) is 0 Å². The molecule has 0 aliphatic heterocycles. The second-order valence-corrected chi connectivity index (χ2v) is 3.09. The summed E-state index contributed by atoms with van der Waals surface area (Å²) in [4.78, 5) is 15.1. The first-order valence-corrected chi connectivity index (χ1v) is 4.55. The van der Waals surface area contributed by atoms with Crippen LogP contribution in [0.5, 0.6) is 0 Å². The Morgan fingerprint density at radius 2 is 2.13 bits per heavy atom. The third-order valence-corrected chi connectivity index (χ3v) is 2.07. The Kier molecular flexibility index (Phi) is 4.19. The smallest absolute Gasteiger partial charge is 0.150 e. The number of carbonyl (C=O) groups excluding carboxylic acids is 1. The van der Waals surface area contributed by atoms with Gasteiger partial charge in [0.15, 0.2) is 0 Å². The molecule has 0 fully saturated rings. The number of hydrogen-bond donors (Lipinski definition) is 0. The summed E-state index contributed by atoms with van der Waals surface area (Å²) in [6.07, 6.45) is 0.809. The molecule has 0 aliphatic rings. The number of aldehydes is 1. The van der Waals surface area contributed by atoms with Crippen molar-refractivity contribution in [3.63, 3.8) is 0 Å². The van der Waals surface area contributed by atoms with Crippen LogP contribution in [0.2, 0.25) is 0 Å². The van der Waals surface area contributed by atoms with Crippen LogP contribution < -0.4 is 4.90 Å². The zero-order valence-corrected chi connectivity index (χ0v) is 8.50. The van der Waals surface area contributed by atoms with Gasteiger partial charge in [-0.05, 0) is 29.8 Å². The van der Waals surface area contributed by atoms with Crippen molar-refractivity contribution in [3.8, 4) is 0 Å². The molecule has 5 nitrogen and oxygen atoms in total. The molecule has 15 heavy (non-hydrogen) atoms. The molecule has 0 unspecified atom stereocenters. The predicted molar refractivity (Wildman–Crippen MR) is 59.1 cm³/mol. The first kappa shape index (κ1) is 11.1. The van der Waals surface area contributed by atoms with E-state index in [1.54, 1.807) is 12.1 Å². The Morgan fingerprint density at radius 1 is 1.47 bits per heavy atom. The fourth-order valence-electron chi connectivity index (χ4n) is 1.18. The summed E-state index contributed by atoms with van der Waals surface area (Å²) in [5.41, 5.74) is 9.77. The lowest BCUT2D eigenvalue weighted by molar-refractivity contribution is 0.112. The van der Waals surface area contributed by atoms with Crippen LogP contribution in [0.25, 0.3) is 10.4 Å². The quantitative estimate of drug-likeness (QED) is 0.319. The summed E-state index contributed by atoms with van der Waals surface area (Å²) in [6, 6.07) is 7.23. The third kappa shape index (κ3) is 3.32. The van der Waals surface area contributed by atoms with Crippen molar-refractivity contribution >= 4 is 12.0 Å². The molecule has 1 aromatic carbocycles. The zero-order valence-electron chi connectivity index (χ0n) is 8.50. The molecule has 1 rings (SSSR count). The molecule has 0 N–H and O–H groups in total. The predicted octanol–water partition coefficient (Wildman–Crippen LogP) is 2.25. The molecule has 0 atom stereocenters. The van der Waals surface area contributed by atoms with E-state index in [-0.39, 0.29) is 0 Å². The summed E-state index contributed by atoms with van der Waals surface area (Å²) >= 11 is 0. The molecule has 0 aliphatic carbocycles. The van der Waals surface area contributed by atoms with Gasteiger partial charge in [-0.15, -0.1) is 0 Å². The maximum absolute atomic E-state index is 10.4. The minimum atomic E-state index is 0.433. The van der Waals surface area contributed by atoms with E-state index in [2.05, 4.69) is 10.0 Å². The molecule has 0 spiro atoms. The Labute approximate surface area is 87.9 Å². The summed E-state index contributed by atoms with van der Waals surface area (Å²) in [5.74, 6) is 0. The molecule has 5 heteroatoms. The summed E-state index contributed by atoms with van der Waals surface area (Å²) in [7, 11) is 1.91. The first-order chi connectivity index (χ1) is 7.27. The molecule has 0 bridgehead atoms. The molecular formula is C10H12N4O. The van der Waals surface area contributed by atoms with Crippen molar-refractivity contribution in [3.05, 3.63) is 40.3 Å². The third-order valence-electron chi connectivity index (χ3n) is 2.07. The van der Waals surface area contributed by atoms with Crippen LogP contribution in [-0.2, 0) is 0 Å². The number of anilines is 1. The van der Waals surface area contributed by atoms with Crippen molar-refractivity contribution in [2.75, 3.05) is 25.0 Å². The van der Waals surface area contributed by atoms with Crippen molar-refractivity contribution < 1.29 is 4.79 Å². The highest BCUT2D eigenvalue weighted by Gasteiger charge is 1.99. The average Bonchev–Trinajstić information content (AvgIpc) is 2.29. The topological polar surface area (TPSA) is 69.1 Å². The Hall–Kier alpha value is -2.00. The van der Waals surface area contributed by atoms with E-state index in [9.17, 15) is 4.79 Å². The Balaban J connectivity index is 2.61. The molecule has 0 saturated carbocycles. The standard InChI is InChI=1S/C10H12N4O/c1-14(7-6-12-13-11)10-4-2-9(8-15)3-5-10/h2-5,8H,6-7H2,1H3. The number of likely N-dealkylation sites (N-methyl/N-ethyl adjacent to an activating group) is 1. The number of nitrogens with zero attached hydrogens (tertiary/aromatic N) is 4. The summed E-state index contributed by atoms with van der Waals surface area (Å²) in [5, 5.41) is 3.45. The molecule has 0 amide bonds. The van der Waals surface area contributed by atoms with E-state index in [0.717, 1.165) is 12.0 Å². The monoisotopic (exact) mass is 204 g/mol. The van der Waals surface area contributed by atoms with Crippen molar-refractivity contribution in [1.82, 2.24) is 0 Å². The SMILES string of the molecule is CN(CCN=[N+]=[N-])c1ccc(C=O)cc1. The maximum Gasteiger partial charge on any atom is 0.150 e. The normalized spacial score (nSPS) is 9.13. The fraction of sp³-hybridized carbons (Fsp3) is 0.300. The molecule has 78 valence electrons. The number of benzene rings is 1. The molecule has 0 heterocycles. The van der Waals surface area contributed by atoms with Crippen LogP contribution in [0.3, 0.4) is 0 Å². The maximum atomic E-state index is 10.4. The van der Waals surface area contributed by atoms with Crippen LogP contribution in [0.1, 0.15) is 10.4 Å². The lowest BCUT2D eigenvalue weighted by Gasteiger charge is -2.17. The highest BCUT2D eigenvalue weighted by Crippen LogP contribution is 2.12. The fourth-order valence-corrected chi connectivity index (χ4v) is 1.18. The lowest BCUT2D eigenvalue weighted by Crippen LogP contribution is -2.20. The van der Waals surface area contributed by atoms with Gasteiger partial charge in [-0.3, -0.25) is 4.79 Å². The molecule has 0 radical (unpaired) electrons. The van der Waals surface area contributed by atoms with Gasteiger partial charge in [-0.2, -0.15) is 0 Å². The largest absolute Gasteiger partial charge is 0.374 e. The van der Waals surface area contributed by atoms with Gasteiger partial charge in [0, 0.05) is 36.3 Å². The van der Waals surface area contributed by atoms with Crippen LogP contribution >= 0.6 is 0 Å². The first-order valence-electron chi connectivity index (χ1n) is 4.55. The van der Waals surface area contributed by atoms with E-state index >= 15 is 0 Å². The van der Waals surface area contributed by atoms with E-state index in [1.807, 2.05) is 24.1 Å². The summed E-state index contributed by atoms with van der Waals surface area (Å²) in [6.45, 7) is 1.09. The minimum absolute atomic E-state index is 0.433. The van der Waals surface area contributed by atoms with Gasteiger partial charge >= 0.3 is 0 Å². The summed E-state index contributed by atoms with van der Waals surface area (Å²) < 4.78 is 0. The van der Waals surface area contributed by atoms with E-state index in [4.69, 9.17) is 5.53 Å². The van der Waals surface area contributed by atoms with Gasteiger partial charge in [0.1, 0.15) is 6.29 Å². The highest BCUT2D eigenvalue weighted by molar-refractivity contribution is 5.75. The Morgan fingerprint density at radius 3 is 2.67 bits per heavy atom. The van der Waals surface area contributed by atoms with Crippen molar-refractivity contribution in [2.45, 2.75) is 0 Å². The minimum Gasteiger partial charge on any atom is -0.374 e. The Bertz CT molecular complexity index is 368. The molecule has 0 aromatic heterocycles. The van der Waals surface area contributed by atoms with Crippen LogP contribution in [0.15, 0.2) is 29.4 Å². The van der Waals surface area contributed by atoms with E-state index in [1.165, 1.54) is 0 Å². The molecular weight excluding hydrogens is 192 g/mol. The second-order valence-electron chi connectivity index (χ2n) is 3.09. The molecule has 0 saturated heterocycles. The van der Waals surface area contributed by atoms with Crippen molar-refractivity contribution in [2.24, 2.45) is 5.11 Å². The number of hydrogen-bond acceptors (Lipinski definition) is 3. The van der Waals surface area contributed by atoms with Gasteiger partial charge < -0.3 is 4.90 Å². The van der Waals surface area contributed by atoms with E-state index < -0.39 is 0 Å². The van der Waals surface area contributed by atoms with Gasteiger partial charge in [-0.25, -0.2) is 0 Å². The van der Waals surface area contributed by atoms with Gasteiger partial charge in [-0.1, -0.05) is 5.11 Å².